The molecule has 0 unspecified atom stereocenters. The molecule has 4 aromatic rings. The van der Waals surface area contributed by atoms with Gasteiger partial charge < -0.3 is 14.6 Å². The quantitative estimate of drug-likeness (QED) is 0.558. The van der Waals surface area contributed by atoms with Crippen molar-refractivity contribution >= 4 is 17.4 Å². The number of nitrogens with one attached hydrogen (secondary N) is 1. The second-order valence-electron chi connectivity index (χ2n) is 7.34. The summed E-state index contributed by atoms with van der Waals surface area (Å²) in [5.41, 5.74) is 2.30. The molecule has 7 heteroatoms. The average molecular weight is 398 g/mol. The van der Waals surface area contributed by atoms with Crippen molar-refractivity contribution in [3.63, 3.8) is 0 Å². The van der Waals surface area contributed by atoms with E-state index < -0.39 is 0 Å². The van der Waals surface area contributed by atoms with Crippen LogP contribution in [0.2, 0.25) is 0 Å². The summed E-state index contributed by atoms with van der Waals surface area (Å²) in [7, 11) is 0. The van der Waals surface area contributed by atoms with Gasteiger partial charge in [0.05, 0.1) is 11.6 Å². The highest BCUT2D eigenvalue weighted by atomic mass is 16.1. The smallest absolute Gasteiger partial charge is 0.272 e. The van der Waals surface area contributed by atoms with Crippen molar-refractivity contribution in [3.05, 3.63) is 90.3 Å². The fraction of sp³-hybridized carbons (Fsp3) is 0.217. The van der Waals surface area contributed by atoms with Gasteiger partial charge in [-0.3, -0.25) is 4.79 Å². The Kier molecular flexibility index (Phi) is 4.85. The summed E-state index contributed by atoms with van der Waals surface area (Å²) >= 11 is 0. The van der Waals surface area contributed by atoms with Crippen molar-refractivity contribution in [1.82, 2.24) is 24.7 Å². The Labute approximate surface area is 174 Å². The molecule has 7 nitrogen and oxygen atoms in total. The first kappa shape index (κ1) is 18.3. The molecule has 0 saturated carbocycles. The van der Waals surface area contributed by atoms with Gasteiger partial charge in [-0.25, -0.2) is 15.0 Å². The van der Waals surface area contributed by atoms with Crippen LogP contribution >= 0.6 is 0 Å². The van der Waals surface area contributed by atoms with E-state index in [2.05, 4.69) is 20.2 Å². The lowest BCUT2D eigenvalue weighted by atomic mass is 10.2. The molecule has 1 fully saturated rings. The number of carbonyl (C=O) groups excluding carboxylic acids is 1. The molecule has 1 amide bonds. The fourth-order valence-corrected chi connectivity index (χ4v) is 4.04. The van der Waals surface area contributed by atoms with Crippen LogP contribution < -0.4 is 10.2 Å². The number of carbonyl (C=O) groups is 1. The van der Waals surface area contributed by atoms with Crippen LogP contribution in [-0.2, 0) is 6.54 Å². The van der Waals surface area contributed by atoms with Gasteiger partial charge in [-0.15, -0.1) is 0 Å². The van der Waals surface area contributed by atoms with Gasteiger partial charge in [-0.05, 0) is 36.6 Å². The molecule has 0 aliphatic carbocycles. The Bertz CT molecular complexity index is 1160. The maximum atomic E-state index is 13.0. The van der Waals surface area contributed by atoms with Crippen molar-refractivity contribution in [2.75, 3.05) is 11.4 Å². The van der Waals surface area contributed by atoms with Crippen molar-refractivity contribution in [3.8, 4) is 0 Å². The molecule has 4 heterocycles. The first-order chi connectivity index (χ1) is 14.8. The zero-order chi connectivity index (χ0) is 20.3. The minimum Gasteiger partial charge on any atom is -0.347 e. The lowest BCUT2D eigenvalue weighted by molar-refractivity contribution is 0.0948. The van der Waals surface area contributed by atoms with E-state index in [1.54, 1.807) is 12.4 Å². The maximum absolute atomic E-state index is 13.0. The molecule has 150 valence electrons. The van der Waals surface area contributed by atoms with Gasteiger partial charge in [0.25, 0.3) is 5.91 Å². The molecule has 1 aliphatic rings. The normalized spacial score (nSPS) is 16.1. The molecule has 0 spiro atoms. The van der Waals surface area contributed by atoms with Crippen molar-refractivity contribution in [2.24, 2.45) is 0 Å². The van der Waals surface area contributed by atoms with E-state index in [0.717, 1.165) is 36.3 Å². The first-order valence-electron chi connectivity index (χ1n) is 10.1. The fourth-order valence-electron chi connectivity index (χ4n) is 4.04. The largest absolute Gasteiger partial charge is 0.347 e. The van der Waals surface area contributed by atoms with Crippen LogP contribution in [0, 0.1) is 0 Å². The van der Waals surface area contributed by atoms with E-state index in [0.29, 0.717) is 18.2 Å². The summed E-state index contributed by atoms with van der Waals surface area (Å²) in [5, 5.41) is 3.00. The van der Waals surface area contributed by atoms with Crippen molar-refractivity contribution < 1.29 is 4.79 Å². The predicted octanol–water partition coefficient (Wildman–Crippen LogP) is 3.40. The van der Waals surface area contributed by atoms with E-state index >= 15 is 0 Å². The molecule has 1 aliphatic heterocycles. The Morgan fingerprint density at radius 1 is 1.03 bits per heavy atom. The second-order valence-corrected chi connectivity index (χ2v) is 7.34. The van der Waals surface area contributed by atoms with Gasteiger partial charge in [0, 0.05) is 31.7 Å². The van der Waals surface area contributed by atoms with Crippen molar-refractivity contribution in [2.45, 2.75) is 25.4 Å². The Morgan fingerprint density at radius 3 is 2.67 bits per heavy atom. The van der Waals surface area contributed by atoms with Gasteiger partial charge in [0.2, 0.25) is 5.95 Å². The molecule has 5 rings (SSSR count). The third-order valence-corrected chi connectivity index (χ3v) is 5.45. The SMILES string of the molecule is O=C(NCc1ccccc1)c1nc([C@H]2CCCN2c2ncccn2)n2ccccc12. The van der Waals surface area contributed by atoms with Crippen LogP contribution in [0.25, 0.3) is 5.52 Å². The Balaban J connectivity index is 1.47. The molecule has 1 N–H and O–H groups in total. The summed E-state index contributed by atoms with van der Waals surface area (Å²) in [6, 6.07) is 17.5. The van der Waals surface area contributed by atoms with Gasteiger partial charge >= 0.3 is 0 Å². The molecular weight excluding hydrogens is 376 g/mol. The highest BCUT2D eigenvalue weighted by Crippen LogP contribution is 2.34. The number of anilines is 1. The molecule has 0 radical (unpaired) electrons. The van der Waals surface area contributed by atoms with Crippen molar-refractivity contribution in [1.29, 1.82) is 0 Å². The predicted molar refractivity (Wildman–Crippen MR) is 114 cm³/mol. The van der Waals surface area contributed by atoms with Gasteiger partial charge in [-0.2, -0.15) is 0 Å². The first-order valence-corrected chi connectivity index (χ1v) is 10.1. The average Bonchev–Trinajstić information content (AvgIpc) is 3.44. The van der Waals surface area contributed by atoms with Gasteiger partial charge in [0.15, 0.2) is 5.69 Å². The van der Waals surface area contributed by atoms with E-state index in [-0.39, 0.29) is 11.9 Å². The van der Waals surface area contributed by atoms with Crippen LogP contribution in [0.15, 0.2) is 73.2 Å². The molecule has 0 bridgehead atoms. The number of imidazole rings is 1. The number of aromatic nitrogens is 4. The number of benzene rings is 1. The van der Waals surface area contributed by atoms with Crippen LogP contribution in [0.4, 0.5) is 5.95 Å². The lowest BCUT2D eigenvalue weighted by Crippen LogP contribution is -2.26. The van der Waals surface area contributed by atoms with Gasteiger partial charge in [-0.1, -0.05) is 36.4 Å². The summed E-state index contributed by atoms with van der Waals surface area (Å²) < 4.78 is 2.02. The topological polar surface area (TPSA) is 75.4 Å². The van der Waals surface area contributed by atoms with E-state index in [4.69, 9.17) is 4.98 Å². The van der Waals surface area contributed by atoms with E-state index in [1.807, 2.05) is 65.2 Å². The number of fused-ring (bicyclic) bond motifs is 1. The second kappa shape index (κ2) is 7.94. The summed E-state index contributed by atoms with van der Waals surface area (Å²) in [5.74, 6) is 1.37. The number of hydrogen-bond acceptors (Lipinski definition) is 5. The standard InChI is InChI=1S/C23H22N6O/c30-22(26-16-17-8-2-1-3-9-17)20-18-10-4-5-14-28(18)21(27-20)19-11-6-15-29(19)23-24-12-7-13-25-23/h1-5,7-10,12-14,19H,6,11,15-16H2,(H,26,30)/t19-/m1/s1. The zero-order valence-corrected chi connectivity index (χ0v) is 16.5. The number of pyridine rings is 1. The third-order valence-electron chi connectivity index (χ3n) is 5.45. The molecule has 1 atom stereocenters. The van der Waals surface area contributed by atoms with Crippen LogP contribution in [0.3, 0.4) is 0 Å². The molecule has 3 aromatic heterocycles. The van der Waals surface area contributed by atoms with Gasteiger partial charge in [0.1, 0.15) is 5.82 Å². The molecule has 30 heavy (non-hydrogen) atoms. The van der Waals surface area contributed by atoms with Crippen LogP contribution in [0.1, 0.15) is 40.8 Å². The minimum atomic E-state index is -0.172. The van der Waals surface area contributed by atoms with E-state index in [9.17, 15) is 4.79 Å². The molecule has 1 saturated heterocycles. The number of rotatable bonds is 5. The number of amides is 1. The van der Waals surface area contributed by atoms with E-state index in [1.165, 1.54) is 0 Å². The van der Waals surface area contributed by atoms with Crippen LogP contribution in [0.5, 0.6) is 0 Å². The number of hydrogen-bond donors (Lipinski definition) is 1. The van der Waals surface area contributed by atoms with Crippen LogP contribution in [-0.4, -0.2) is 31.8 Å². The Morgan fingerprint density at radius 2 is 1.83 bits per heavy atom. The minimum absolute atomic E-state index is 0.0259. The maximum Gasteiger partial charge on any atom is 0.272 e. The number of nitrogens with zero attached hydrogens (tertiary/aromatic N) is 5. The third kappa shape index (κ3) is 3.39. The Hall–Kier alpha value is -3.74. The highest BCUT2D eigenvalue weighted by Gasteiger charge is 2.32. The molecule has 1 aromatic carbocycles. The summed E-state index contributed by atoms with van der Waals surface area (Å²) in [6.07, 6.45) is 7.44. The zero-order valence-electron chi connectivity index (χ0n) is 16.5. The lowest BCUT2D eigenvalue weighted by Gasteiger charge is -2.23. The monoisotopic (exact) mass is 398 g/mol. The molecular formula is C23H22N6O. The summed E-state index contributed by atoms with van der Waals surface area (Å²) in [6.45, 7) is 1.33. The summed E-state index contributed by atoms with van der Waals surface area (Å²) in [4.78, 5) is 28.8. The highest BCUT2D eigenvalue weighted by molar-refractivity contribution is 5.99.